The third kappa shape index (κ3) is 1.98. The monoisotopic (exact) mass is 211 g/mol. The summed E-state index contributed by atoms with van der Waals surface area (Å²) in [6.45, 7) is 0.559. The van der Waals surface area contributed by atoms with Crippen LogP contribution in [0.15, 0.2) is 36.5 Å². The van der Waals surface area contributed by atoms with Gasteiger partial charge in [-0.1, -0.05) is 30.3 Å². The zero-order valence-corrected chi connectivity index (χ0v) is 8.50. The second kappa shape index (κ2) is 4.41. The van der Waals surface area contributed by atoms with Crippen molar-refractivity contribution in [3.8, 4) is 6.07 Å². The number of nitriles is 1. The summed E-state index contributed by atoms with van der Waals surface area (Å²) in [5, 5.41) is 12.8. The lowest BCUT2D eigenvalue weighted by molar-refractivity contribution is 0.112. The lowest BCUT2D eigenvalue weighted by Crippen LogP contribution is -1.99. The number of aldehydes is 1. The maximum Gasteiger partial charge on any atom is 0.172 e. The van der Waals surface area contributed by atoms with Gasteiger partial charge in [0.05, 0.1) is 12.1 Å². The third-order valence-electron chi connectivity index (χ3n) is 2.21. The Labute approximate surface area is 92.7 Å². The number of carbonyl (C=O) groups excluding carboxylic acids is 1. The lowest BCUT2D eigenvalue weighted by atomic mass is 10.2. The third-order valence-corrected chi connectivity index (χ3v) is 2.21. The topological polar surface area (TPSA) is 58.7 Å². The predicted octanol–water partition coefficient (Wildman–Crippen LogP) is 1.62. The standard InChI is InChI=1S/C12H9N3O/c13-6-12-11(9-16)8-15(14-12)7-10-4-2-1-3-5-10/h1-5,8-9H,7H2. The molecule has 0 spiro atoms. The molecule has 2 aromatic rings. The van der Waals surface area contributed by atoms with Crippen LogP contribution in [0.1, 0.15) is 21.6 Å². The van der Waals surface area contributed by atoms with Gasteiger partial charge in [-0.25, -0.2) is 0 Å². The van der Waals surface area contributed by atoms with E-state index in [9.17, 15) is 4.79 Å². The van der Waals surface area contributed by atoms with Crippen LogP contribution in [-0.2, 0) is 6.54 Å². The molecule has 78 valence electrons. The second-order valence-corrected chi connectivity index (χ2v) is 3.35. The normalized spacial score (nSPS) is 9.69. The minimum absolute atomic E-state index is 0.172. The minimum Gasteiger partial charge on any atom is -0.298 e. The van der Waals surface area contributed by atoms with E-state index in [-0.39, 0.29) is 5.69 Å². The molecular weight excluding hydrogens is 202 g/mol. The predicted molar refractivity (Wildman–Crippen MR) is 57.9 cm³/mol. The molecule has 0 amide bonds. The van der Waals surface area contributed by atoms with Crippen molar-refractivity contribution >= 4 is 6.29 Å². The Morgan fingerprint density at radius 2 is 2.12 bits per heavy atom. The molecule has 0 radical (unpaired) electrons. The number of hydrogen-bond acceptors (Lipinski definition) is 3. The molecule has 0 N–H and O–H groups in total. The van der Waals surface area contributed by atoms with E-state index in [0.29, 0.717) is 18.4 Å². The van der Waals surface area contributed by atoms with E-state index in [0.717, 1.165) is 5.56 Å². The Bertz CT molecular complexity index is 537. The van der Waals surface area contributed by atoms with Crippen molar-refractivity contribution in [3.05, 3.63) is 53.3 Å². The molecule has 4 heteroatoms. The average molecular weight is 211 g/mol. The number of rotatable bonds is 3. The van der Waals surface area contributed by atoms with Gasteiger partial charge in [0.25, 0.3) is 0 Å². The Balaban J connectivity index is 2.27. The lowest BCUT2D eigenvalue weighted by Gasteiger charge is -2.00. The summed E-state index contributed by atoms with van der Waals surface area (Å²) in [5.41, 5.74) is 1.58. The van der Waals surface area contributed by atoms with Crippen LogP contribution in [0.5, 0.6) is 0 Å². The highest BCUT2D eigenvalue weighted by Crippen LogP contribution is 2.06. The molecule has 2 rings (SSSR count). The maximum atomic E-state index is 10.6. The van der Waals surface area contributed by atoms with Crippen LogP contribution in [0, 0.1) is 11.3 Å². The SMILES string of the molecule is N#Cc1nn(Cc2ccccc2)cc1C=O. The van der Waals surface area contributed by atoms with Crippen LogP contribution < -0.4 is 0 Å². The summed E-state index contributed by atoms with van der Waals surface area (Å²) < 4.78 is 1.59. The van der Waals surface area contributed by atoms with E-state index in [4.69, 9.17) is 5.26 Å². The van der Waals surface area contributed by atoms with Gasteiger partial charge in [0.2, 0.25) is 0 Å². The van der Waals surface area contributed by atoms with Gasteiger partial charge in [0, 0.05) is 6.20 Å². The molecule has 0 unspecified atom stereocenters. The van der Waals surface area contributed by atoms with Crippen molar-refractivity contribution in [2.75, 3.05) is 0 Å². The van der Waals surface area contributed by atoms with Gasteiger partial charge in [-0.2, -0.15) is 10.4 Å². The van der Waals surface area contributed by atoms with Gasteiger partial charge in [-0.3, -0.25) is 9.48 Å². The molecule has 0 fully saturated rings. The average Bonchev–Trinajstić information content (AvgIpc) is 2.72. The molecule has 4 nitrogen and oxygen atoms in total. The molecule has 0 aliphatic heterocycles. The van der Waals surface area contributed by atoms with Crippen molar-refractivity contribution in [2.24, 2.45) is 0 Å². The van der Waals surface area contributed by atoms with Gasteiger partial charge < -0.3 is 0 Å². The highest BCUT2D eigenvalue weighted by molar-refractivity contribution is 5.77. The number of aromatic nitrogens is 2. The molecule has 1 aromatic heterocycles. The van der Waals surface area contributed by atoms with E-state index >= 15 is 0 Å². The molecule has 0 aliphatic rings. The fourth-order valence-electron chi connectivity index (χ4n) is 1.46. The summed E-state index contributed by atoms with van der Waals surface area (Å²) in [4.78, 5) is 10.6. The molecule has 0 aliphatic carbocycles. The Morgan fingerprint density at radius 1 is 1.38 bits per heavy atom. The molecule has 0 atom stereocenters. The van der Waals surface area contributed by atoms with Gasteiger partial charge in [0.1, 0.15) is 6.07 Å². The fraction of sp³-hybridized carbons (Fsp3) is 0.0833. The first-order valence-corrected chi connectivity index (χ1v) is 4.80. The molecule has 0 saturated carbocycles. The second-order valence-electron chi connectivity index (χ2n) is 3.35. The van der Waals surface area contributed by atoms with Gasteiger partial charge in [-0.15, -0.1) is 0 Å². The minimum atomic E-state index is 0.172. The van der Waals surface area contributed by atoms with E-state index in [1.165, 1.54) is 0 Å². The van der Waals surface area contributed by atoms with Crippen LogP contribution >= 0.6 is 0 Å². The van der Waals surface area contributed by atoms with Crippen LogP contribution in [0.25, 0.3) is 0 Å². The zero-order chi connectivity index (χ0) is 11.4. The smallest absolute Gasteiger partial charge is 0.172 e. The molecule has 16 heavy (non-hydrogen) atoms. The Kier molecular flexibility index (Phi) is 2.79. The Morgan fingerprint density at radius 3 is 2.69 bits per heavy atom. The van der Waals surface area contributed by atoms with Crippen molar-refractivity contribution in [3.63, 3.8) is 0 Å². The van der Waals surface area contributed by atoms with Gasteiger partial charge in [-0.05, 0) is 5.56 Å². The number of benzene rings is 1. The molecular formula is C12H9N3O. The van der Waals surface area contributed by atoms with Gasteiger partial charge in [0.15, 0.2) is 12.0 Å². The first kappa shape index (κ1) is 10.1. The zero-order valence-electron chi connectivity index (χ0n) is 8.50. The van der Waals surface area contributed by atoms with Crippen molar-refractivity contribution in [2.45, 2.75) is 6.54 Å². The van der Waals surface area contributed by atoms with E-state index in [1.54, 1.807) is 10.9 Å². The van der Waals surface area contributed by atoms with Crippen LogP contribution in [0.3, 0.4) is 0 Å². The molecule has 0 saturated heterocycles. The van der Waals surface area contributed by atoms with Crippen molar-refractivity contribution in [1.29, 1.82) is 5.26 Å². The largest absolute Gasteiger partial charge is 0.298 e. The summed E-state index contributed by atoms with van der Waals surface area (Å²) >= 11 is 0. The highest BCUT2D eigenvalue weighted by atomic mass is 16.1. The summed E-state index contributed by atoms with van der Waals surface area (Å²) in [7, 11) is 0. The quantitative estimate of drug-likeness (QED) is 0.725. The first-order chi connectivity index (χ1) is 7.83. The summed E-state index contributed by atoms with van der Waals surface area (Å²) in [6.07, 6.45) is 2.23. The Hall–Kier alpha value is -2.41. The van der Waals surface area contributed by atoms with Crippen LogP contribution in [0.2, 0.25) is 0 Å². The summed E-state index contributed by atoms with van der Waals surface area (Å²) in [6, 6.07) is 11.6. The maximum absolute atomic E-state index is 10.6. The molecule has 1 heterocycles. The highest BCUT2D eigenvalue weighted by Gasteiger charge is 2.07. The van der Waals surface area contributed by atoms with Crippen molar-refractivity contribution < 1.29 is 4.79 Å². The first-order valence-electron chi connectivity index (χ1n) is 4.80. The van der Waals surface area contributed by atoms with Crippen molar-refractivity contribution in [1.82, 2.24) is 9.78 Å². The van der Waals surface area contributed by atoms with E-state index in [1.807, 2.05) is 36.4 Å². The number of hydrogen-bond donors (Lipinski definition) is 0. The van der Waals surface area contributed by atoms with Crippen LogP contribution in [0.4, 0.5) is 0 Å². The molecule has 0 bridgehead atoms. The van der Waals surface area contributed by atoms with Crippen LogP contribution in [-0.4, -0.2) is 16.1 Å². The number of nitrogens with zero attached hydrogens (tertiary/aromatic N) is 3. The molecule has 1 aromatic carbocycles. The van der Waals surface area contributed by atoms with Gasteiger partial charge >= 0.3 is 0 Å². The fourth-order valence-corrected chi connectivity index (χ4v) is 1.46. The van der Waals surface area contributed by atoms with E-state index in [2.05, 4.69) is 5.10 Å². The van der Waals surface area contributed by atoms with E-state index < -0.39 is 0 Å². The summed E-state index contributed by atoms with van der Waals surface area (Å²) in [5.74, 6) is 0. The number of carbonyl (C=O) groups is 1.